The van der Waals surface area contributed by atoms with E-state index in [-0.39, 0.29) is 34.8 Å². The van der Waals surface area contributed by atoms with Crippen molar-refractivity contribution in [3.05, 3.63) is 11.6 Å². The highest BCUT2D eigenvalue weighted by atomic mass is 16.6. The Balaban J connectivity index is 1.70. The number of carbonyl (C=O) groups is 2. The molecule has 1 saturated carbocycles. The Labute approximate surface area is 187 Å². The van der Waals surface area contributed by atoms with E-state index in [0.717, 1.165) is 50.8 Å². The molecule has 1 aromatic rings. The molecule has 2 spiro atoms. The average molecular weight is 443 g/mol. The van der Waals surface area contributed by atoms with E-state index >= 15 is 0 Å². The number of fused-ring (bicyclic) bond motifs is 1. The van der Waals surface area contributed by atoms with Gasteiger partial charge in [0.1, 0.15) is 0 Å². The van der Waals surface area contributed by atoms with E-state index in [0.29, 0.717) is 24.3 Å². The van der Waals surface area contributed by atoms with Crippen molar-refractivity contribution in [2.24, 2.45) is 5.41 Å². The fourth-order valence-electron chi connectivity index (χ4n) is 8.18. The molecule has 3 saturated heterocycles. The number of hydrogen-bond acceptors (Lipinski definition) is 7. The lowest BCUT2D eigenvalue weighted by molar-refractivity contribution is -0.230. The van der Waals surface area contributed by atoms with Gasteiger partial charge in [0, 0.05) is 24.9 Å². The van der Waals surface area contributed by atoms with Crippen LogP contribution < -0.4 is 14.4 Å². The Hall–Kier alpha value is -2.48. The number of esters is 1. The summed E-state index contributed by atoms with van der Waals surface area (Å²) in [6.07, 6.45) is 5.10. The van der Waals surface area contributed by atoms with E-state index in [4.69, 9.17) is 14.2 Å². The summed E-state index contributed by atoms with van der Waals surface area (Å²) in [6.45, 7) is 3.52. The van der Waals surface area contributed by atoms with Crippen LogP contribution in [0.1, 0.15) is 57.4 Å². The number of rotatable bonds is 3. The molecule has 8 nitrogen and oxygen atoms in total. The van der Waals surface area contributed by atoms with E-state index in [1.807, 2.05) is 13.0 Å². The van der Waals surface area contributed by atoms with Crippen molar-refractivity contribution in [3.8, 4) is 17.2 Å². The van der Waals surface area contributed by atoms with Crippen molar-refractivity contribution in [2.45, 2.75) is 69.1 Å². The predicted octanol–water partition coefficient (Wildman–Crippen LogP) is 2.70. The average Bonchev–Trinajstić information content (AvgIpc) is 3.39. The van der Waals surface area contributed by atoms with Crippen LogP contribution in [0.15, 0.2) is 6.07 Å². The Morgan fingerprint density at radius 3 is 2.78 bits per heavy atom. The van der Waals surface area contributed by atoms with Crippen molar-refractivity contribution in [1.82, 2.24) is 4.90 Å². The molecule has 4 aliphatic heterocycles. The largest absolute Gasteiger partial charge is 0.503 e. The van der Waals surface area contributed by atoms with E-state index in [2.05, 4.69) is 4.90 Å². The van der Waals surface area contributed by atoms with Gasteiger partial charge in [-0.1, -0.05) is 6.92 Å². The molecule has 5 aliphatic rings. The summed E-state index contributed by atoms with van der Waals surface area (Å²) < 4.78 is 17.5. The lowest BCUT2D eigenvalue weighted by atomic mass is 9.50. The summed E-state index contributed by atoms with van der Waals surface area (Å²) >= 11 is 0. The molecule has 4 fully saturated rings. The molecule has 1 aromatic carbocycles. The SMILES string of the molecule is CCC(=O)N1c2c(cc(OC)c(OC)c2O)C23CCN4CCCC5(CCC12)CC(=O)OC453. The molecule has 6 rings (SSSR count). The zero-order chi connectivity index (χ0) is 22.5. The first-order valence-corrected chi connectivity index (χ1v) is 11.7. The van der Waals surface area contributed by atoms with Crippen LogP contribution in [0.3, 0.4) is 0 Å². The maximum Gasteiger partial charge on any atom is 0.308 e. The Kier molecular flexibility index (Phi) is 3.97. The van der Waals surface area contributed by atoms with Gasteiger partial charge in [0.15, 0.2) is 17.2 Å². The molecule has 4 heterocycles. The number of methoxy groups -OCH3 is 2. The normalized spacial score (nSPS) is 36.8. The third-order valence-corrected chi connectivity index (χ3v) is 9.06. The number of phenols is 1. The van der Waals surface area contributed by atoms with Crippen molar-refractivity contribution < 1.29 is 28.9 Å². The molecule has 4 atom stereocenters. The third kappa shape index (κ3) is 1.92. The van der Waals surface area contributed by atoms with Crippen LogP contribution in [0.25, 0.3) is 0 Å². The van der Waals surface area contributed by atoms with Crippen LogP contribution in [0.5, 0.6) is 17.2 Å². The number of anilines is 1. The zero-order valence-electron chi connectivity index (χ0n) is 18.9. The van der Waals surface area contributed by atoms with Crippen molar-refractivity contribution >= 4 is 17.6 Å². The van der Waals surface area contributed by atoms with E-state index in [1.165, 1.54) is 7.11 Å². The van der Waals surface area contributed by atoms with E-state index in [1.54, 1.807) is 12.0 Å². The molecule has 1 amide bonds. The van der Waals surface area contributed by atoms with Crippen LogP contribution in [-0.2, 0) is 19.7 Å². The smallest absolute Gasteiger partial charge is 0.308 e. The van der Waals surface area contributed by atoms with Crippen LogP contribution in [0.2, 0.25) is 0 Å². The summed E-state index contributed by atoms with van der Waals surface area (Å²) in [5, 5.41) is 11.4. The lowest BCUT2D eigenvalue weighted by Crippen LogP contribution is -2.73. The number of phenolic OH excluding ortho intramolecular Hbond substituents is 1. The fourth-order valence-corrected chi connectivity index (χ4v) is 8.18. The van der Waals surface area contributed by atoms with Gasteiger partial charge in [0.05, 0.1) is 37.8 Å². The molecule has 1 N–H and O–H groups in total. The molecule has 32 heavy (non-hydrogen) atoms. The van der Waals surface area contributed by atoms with Crippen LogP contribution in [-0.4, -0.2) is 61.0 Å². The molecule has 0 aromatic heterocycles. The number of hydrogen-bond donors (Lipinski definition) is 1. The molecule has 0 bridgehead atoms. The number of amides is 1. The molecular weight excluding hydrogens is 412 g/mol. The van der Waals surface area contributed by atoms with Gasteiger partial charge in [-0.05, 0) is 43.7 Å². The topological polar surface area (TPSA) is 88.5 Å². The predicted molar refractivity (Wildman–Crippen MR) is 115 cm³/mol. The summed E-state index contributed by atoms with van der Waals surface area (Å²) in [7, 11) is 3.03. The summed E-state index contributed by atoms with van der Waals surface area (Å²) in [5.41, 5.74) is -0.306. The minimum absolute atomic E-state index is 0.0434. The fraction of sp³-hybridized carbons (Fsp3) is 0.667. The minimum atomic E-state index is -0.790. The highest BCUT2D eigenvalue weighted by Crippen LogP contribution is 2.74. The number of benzene rings is 1. The Morgan fingerprint density at radius 2 is 2.06 bits per heavy atom. The second-order valence-corrected chi connectivity index (χ2v) is 9.92. The number of ether oxygens (including phenoxy) is 3. The van der Waals surface area contributed by atoms with E-state index in [9.17, 15) is 14.7 Å². The summed E-state index contributed by atoms with van der Waals surface area (Å²) in [4.78, 5) is 30.4. The first-order valence-electron chi connectivity index (χ1n) is 11.7. The highest BCUT2D eigenvalue weighted by molar-refractivity contribution is 6.00. The standard InChI is InChI=1S/C24H30N2O6/c1-4-17(27)26-16-6-8-22-7-5-10-25-11-9-23(16,24(22,25)32-18(28)13-22)14-12-15(30-2)21(31-3)20(29)19(14)26/h12,16,29H,4-11,13H2,1-3H3. The number of carbonyl (C=O) groups excluding carboxylic acids is 2. The summed E-state index contributed by atoms with van der Waals surface area (Å²) in [5.74, 6) is 0.381. The highest BCUT2D eigenvalue weighted by Gasteiger charge is 2.82. The number of nitrogens with zero attached hydrogens (tertiary/aromatic N) is 2. The van der Waals surface area contributed by atoms with Gasteiger partial charge in [-0.15, -0.1) is 0 Å². The van der Waals surface area contributed by atoms with E-state index < -0.39 is 11.1 Å². The molecule has 172 valence electrons. The number of piperidine rings is 1. The van der Waals surface area contributed by atoms with Gasteiger partial charge in [-0.3, -0.25) is 14.5 Å². The first kappa shape index (κ1) is 20.1. The monoisotopic (exact) mass is 442 g/mol. The van der Waals surface area contributed by atoms with Gasteiger partial charge < -0.3 is 24.2 Å². The Morgan fingerprint density at radius 1 is 1.25 bits per heavy atom. The minimum Gasteiger partial charge on any atom is -0.503 e. The van der Waals surface area contributed by atoms with Crippen LogP contribution in [0.4, 0.5) is 5.69 Å². The van der Waals surface area contributed by atoms with Crippen molar-refractivity contribution in [1.29, 1.82) is 0 Å². The third-order valence-electron chi connectivity index (χ3n) is 9.06. The molecule has 1 aliphatic carbocycles. The summed E-state index contributed by atoms with van der Waals surface area (Å²) in [6, 6.07) is 1.73. The molecule has 4 unspecified atom stereocenters. The van der Waals surface area contributed by atoms with Gasteiger partial charge in [-0.25, -0.2) is 0 Å². The second kappa shape index (κ2) is 6.31. The van der Waals surface area contributed by atoms with Crippen molar-refractivity contribution in [3.63, 3.8) is 0 Å². The second-order valence-electron chi connectivity index (χ2n) is 9.92. The van der Waals surface area contributed by atoms with Crippen molar-refractivity contribution in [2.75, 3.05) is 32.2 Å². The molecule has 8 heteroatoms. The number of aromatic hydroxyl groups is 1. The first-order chi connectivity index (χ1) is 15.4. The van der Waals surface area contributed by atoms with Crippen LogP contribution >= 0.6 is 0 Å². The lowest BCUT2D eigenvalue weighted by Gasteiger charge is -2.61. The Bertz CT molecular complexity index is 1040. The van der Waals surface area contributed by atoms with Crippen LogP contribution in [0, 0.1) is 5.41 Å². The quantitative estimate of drug-likeness (QED) is 0.720. The van der Waals surface area contributed by atoms with Gasteiger partial charge in [-0.2, -0.15) is 0 Å². The maximum absolute atomic E-state index is 13.3. The zero-order valence-corrected chi connectivity index (χ0v) is 18.9. The molecule has 0 radical (unpaired) electrons. The molecular formula is C24H30N2O6. The van der Waals surface area contributed by atoms with Gasteiger partial charge in [0.2, 0.25) is 11.7 Å². The van der Waals surface area contributed by atoms with Gasteiger partial charge in [0.25, 0.3) is 0 Å². The van der Waals surface area contributed by atoms with Gasteiger partial charge >= 0.3 is 5.97 Å². The maximum atomic E-state index is 13.3.